The van der Waals surface area contributed by atoms with Gasteiger partial charge in [-0.05, 0) is 74.7 Å². The van der Waals surface area contributed by atoms with Gasteiger partial charge in [0.1, 0.15) is 11.0 Å². The highest BCUT2D eigenvalue weighted by Gasteiger charge is 2.31. The number of aromatic nitrogens is 2. The Hall–Kier alpha value is -2.89. The van der Waals surface area contributed by atoms with Crippen molar-refractivity contribution in [3.05, 3.63) is 58.1 Å². The van der Waals surface area contributed by atoms with Gasteiger partial charge in [0.25, 0.3) is 10.0 Å². The molecule has 3 aromatic rings. The number of hydrogen-bond donors (Lipinski definition) is 1. The molecule has 5 rings (SSSR count). The molecule has 1 amide bonds. The lowest BCUT2D eigenvalue weighted by molar-refractivity contribution is -0.132. The maximum atomic E-state index is 13.4. The summed E-state index contributed by atoms with van der Waals surface area (Å²) in [5, 5.41) is 9.32. The maximum Gasteiger partial charge on any atom is 0.263 e. The summed E-state index contributed by atoms with van der Waals surface area (Å²) < 4.78 is 27.8. The van der Waals surface area contributed by atoms with Gasteiger partial charge in [-0.25, -0.2) is 8.42 Å². The molecule has 12 heteroatoms. The Morgan fingerprint density at radius 1 is 1.05 bits per heavy atom. The van der Waals surface area contributed by atoms with E-state index in [0.29, 0.717) is 31.2 Å². The smallest absolute Gasteiger partial charge is 0.263 e. The lowest BCUT2D eigenvalue weighted by Crippen LogP contribution is -2.55. The van der Waals surface area contributed by atoms with Crippen LogP contribution in [0.5, 0.6) is 0 Å². The summed E-state index contributed by atoms with van der Waals surface area (Å²) in [6.45, 7) is 7.18. The molecule has 2 aliphatic heterocycles. The first-order valence-electron chi connectivity index (χ1n) is 12.2. The van der Waals surface area contributed by atoms with Crippen LogP contribution in [0.4, 0.5) is 16.5 Å². The highest BCUT2D eigenvalue weighted by atomic mass is 35.5. The van der Waals surface area contributed by atoms with Crippen LogP contribution in [0.25, 0.3) is 0 Å². The number of nitrogens with one attached hydrogen (secondary N) is 1. The van der Waals surface area contributed by atoms with Crippen molar-refractivity contribution in [3.8, 4) is 0 Å². The number of piperazine rings is 1. The van der Waals surface area contributed by atoms with Crippen LogP contribution in [-0.4, -0.2) is 68.2 Å². The number of amides is 1. The van der Waals surface area contributed by atoms with Gasteiger partial charge in [0.15, 0.2) is 0 Å². The second kappa shape index (κ2) is 10.5. The third-order valence-electron chi connectivity index (χ3n) is 6.87. The van der Waals surface area contributed by atoms with Crippen molar-refractivity contribution >= 4 is 55.4 Å². The maximum absolute atomic E-state index is 13.4. The Morgan fingerprint density at radius 3 is 2.46 bits per heavy atom. The van der Waals surface area contributed by atoms with Gasteiger partial charge in [-0.15, -0.1) is 10.2 Å². The lowest BCUT2D eigenvalue weighted by atomic mass is 10.00. The standard InChI is InChI=1S/C25H29ClN6O3S2/c1-17(32-11-3-4-19-16-20(26)5-10-23(19)32)24(33)31-14-12-30(13-15-31)21-6-8-22(9-7-21)37(34,35)29-25-28-27-18(2)36-25/h5-10,16-17H,3-4,11-15H2,1-2H3,(H,28,29). The predicted molar refractivity (Wildman–Crippen MR) is 147 cm³/mol. The first-order valence-corrected chi connectivity index (χ1v) is 14.9. The second-order valence-electron chi connectivity index (χ2n) is 9.28. The first kappa shape index (κ1) is 25.7. The zero-order chi connectivity index (χ0) is 26.2. The number of benzene rings is 2. The second-order valence-corrected chi connectivity index (χ2v) is 12.6. The normalized spacial score (nSPS) is 16.9. The minimum atomic E-state index is -3.74. The Bertz CT molecular complexity index is 1390. The van der Waals surface area contributed by atoms with Gasteiger partial charge < -0.3 is 14.7 Å². The molecule has 2 aromatic carbocycles. The number of carbonyl (C=O) groups excluding carboxylic acids is 1. The Kier molecular flexibility index (Phi) is 7.28. The van der Waals surface area contributed by atoms with E-state index in [1.165, 1.54) is 16.9 Å². The summed E-state index contributed by atoms with van der Waals surface area (Å²) in [6.07, 6.45) is 1.98. The molecule has 0 bridgehead atoms. The molecule has 9 nitrogen and oxygen atoms in total. The topological polar surface area (TPSA) is 98.7 Å². The summed E-state index contributed by atoms with van der Waals surface area (Å²) in [4.78, 5) is 19.8. The highest BCUT2D eigenvalue weighted by Crippen LogP contribution is 2.31. The number of carbonyl (C=O) groups is 1. The molecule has 1 fully saturated rings. The van der Waals surface area contributed by atoms with Crippen LogP contribution in [0.15, 0.2) is 47.4 Å². The van der Waals surface area contributed by atoms with Gasteiger partial charge in [-0.2, -0.15) is 0 Å². The summed E-state index contributed by atoms with van der Waals surface area (Å²) in [6, 6.07) is 12.4. The van der Waals surface area contributed by atoms with Crippen molar-refractivity contribution in [2.45, 2.75) is 37.6 Å². The van der Waals surface area contributed by atoms with Gasteiger partial charge in [0, 0.05) is 49.1 Å². The average Bonchev–Trinajstić information content (AvgIpc) is 3.31. The molecule has 0 aliphatic carbocycles. The number of nitrogens with zero attached hydrogens (tertiary/aromatic N) is 5. The fourth-order valence-corrected chi connectivity index (χ4v) is 6.94. The lowest BCUT2D eigenvalue weighted by Gasteiger charge is -2.41. The Morgan fingerprint density at radius 2 is 1.78 bits per heavy atom. The zero-order valence-corrected chi connectivity index (χ0v) is 23.1. The molecule has 37 heavy (non-hydrogen) atoms. The molecule has 2 aliphatic rings. The minimum absolute atomic E-state index is 0.127. The largest absolute Gasteiger partial charge is 0.368 e. The van der Waals surface area contributed by atoms with E-state index in [1.807, 2.05) is 30.0 Å². The van der Waals surface area contributed by atoms with E-state index in [0.717, 1.165) is 35.8 Å². The number of rotatable bonds is 6. The third kappa shape index (κ3) is 5.53. The van der Waals surface area contributed by atoms with E-state index in [1.54, 1.807) is 31.2 Å². The minimum Gasteiger partial charge on any atom is -0.368 e. The van der Waals surface area contributed by atoms with Crippen molar-refractivity contribution in [2.75, 3.05) is 47.2 Å². The Balaban J connectivity index is 1.19. The van der Waals surface area contributed by atoms with Gasteiger partial charge in [-0.1, -0.05) is 22.9 Å². The van der Waals surface area contributed by atoms with E-state index in [2.05, 4.69) is 24.7 Å². The summed E-state index contributed by atoms with van der Waals surface area (Å²) in [5.41, 5.74) is 3.22. The van der Waals surface area contributed by atoms with Gasteiger partial charge >= 0.3 is 0 Å². The van der Waals surface area contributed by atoms with Crippen molar-refractivity contribution in [3.63, 3.8) is 0 Å². The first-order chi connectivity index (χ1) is 17.7. The van der Waals surface area contributed by atoms with Crippen LogP contribution in [-0.2, 0) is 21.2 Å². The Labute approximate surface area is 226 Å². The number of sulfonamides is 1. The van der Waals surface area contributed by atoms with E-state index < -0.39 is 10.0 Å². The van der Waals surface area contributed by atoms with Gasteiger partial charge in [-0.3, -0.25) is 9.52 Å². The molecule has 1 unspecified atom stereocenters. The molecule has 0 spiro atoms. The summed E-state index contributed by atoms with van der Waals surface area (Å²) in [5.74, 6) is 0.127. The van der Waals surface area contributed by atoms with Crippen LogP contribution in [0.3, 0.4) is 0 Å². The van der Waals surface area contributed by atoms with Crippen LogP contribution >= 0.6 is 22.9 Å². The SMILES string of the molecule is Cc1nnc(NS(=O)(=O)c2ccc(N3CCN(C(=O)C(C)N4CCCc5cc(Cl)ccc54)CC3)cc2)s1. The van der Waals surface area contributed by atoms with Crippen LogP contribution in [0.2, 0.25) is 5.02 Å². The molecular weight excluding hydrogens is 532 g/mol. The highest BCUT2D eigenvalue weighted by molar-refractivity contribution is 7.93. The molecular formula is C25H29ClN6O3S2. The van der Waals surface area contributed by atoms with Crippen molar-refractivity contribution in [1.82, 2.24) is 15.1 Å². The van der Waals surface area contributed by atoms with Crippen molar-refractivity contribution < 1.29 is 13.2 Å². The zero-order valence-electron chi connectivity index (χ0n) is 20.7. The number of halogens is 1. The molecule has 1 N–H and O–H groups in total. The molecule has 1 saturated heterocycles. The molecule has 1 aromatic heterocycles. The van der Waals surface area contributed by atoms with Crippen LogP contribution in [0, 0.1) is 6.92 Å². The summed E-state index contributed by atoms with van der Waals surface area (Å²) >= 11 is 7.37. The number of anilines is 3. The van der Waals surface area contributed by atoms with Crippen molar-refractivity contribution in [1.29, 1.82) is 0 Å². The fourth-order valence-electron chi connectivity index (χ4n) is 4.93. The van der Waals surface area contributed by atoms with Gasteiger partial charge in [0.05, 0.1) is 4.90 Å². The quantitative estimate of drug-likeness (QED) is 0.490. The summed E-state index contributed by atoms with van der Waals surface area (Å²) in [7, 11) is -3.74. The molecule has 0 radical (unpaired) electrons. The monoisotopic (exact) mass is 560 g/mol. The molecule has 3 heterocycles. The number of hydrogen-bond acceptors (Lipinski definition) is 8. The van der Waals surface area contributed by atoms with E-state index >= 15 is 0 Å². The predicted octanol–water partition coefficient (Wildman–Crippen LogP) is 3.79. The van der Waals surface area contributed by atoms with Crippen LogP contribution in [0.1, 0.15) is 23.9 Å². The molecule has 1 atom stereocenters. The van der Waals surface area contributed by atoms with E-state index in [-0.39, 0.29) is 22.0 Å². The average molecular weight is 561 g/mol. The van der Waals surface area contributed by atoms with E-state index in [4.69, 9.17) is 11.6 Å². The molecule has 0 saturated carbocycles. The number of fused-ring (bicyclic) bond motifs is 1. The fraction of sp³-hybridized carbons (Fsp3) is 0.400. The third-order valence-corrected chi connectivity index (χ3v) is 9.35. The number of aryl methyl sites for hydroxylation is 2. The van der Waals surface area contributed by atoms with Gasteiger partial charge in [0.2, 0.25) is 11.0 Å². The van der Waals surface area contributed by atoms with Crippen LogP contribution < -0.4 is 14.5 Å². The van der Waals surface area contributed by atoms with Crippen molar-refractivity contribution in [2.24, 2.45) is 0 Å². The van der Waals surface area contributed by atoms with E-state index in [9.17, 15) is 13.2 Å². The molecule has 196 valence electrons.